The van der Waals surface area contributed by atoms with Gasteiger partial charge >= 0.3 is 0 Å². The highest BCUT2D eigenvalue weighted by atomic mass is 15.1. The lowest BCUT2D eigenvalue weighted by Gasteiger charge is -2.25. The van der Waals surface area contributed by atoms with E-state index in [4.69, 9.17) is 9.97 Å². The van der Waals surface area contributed by atoms with Gasteiger partial charge in [-0.2, -0.15) is 0 Å². The van der Waals surface area contributed by atoms with Crippen LogP contribution in [0.5, 0.6) is 0 Å². The Kier molecular flexibility index (Phi) is 10.4. The topological polar surface area (TPSA) is 37.2 Å². The van der Waals surface area contributed by atoms with Crippen LogP contribution in [0.25, 0.3) is 82.7 Å². The van der Waals surface area contributed by atoms with Crippen molar-refractivity contribution in [2.75, 3.05) is 9.80 Å². The molecule has 0 aliphatic rings. The first-order valence-corrected chi connectivity index (χ1v) is 24.0. The van der Waals surface area contributed by atoms with Crippen LogP contribution >= 0.6 is 0 Å². The molecule has 3 heterocycles. The Balaban J connectivity index is 0.914. The van der Waals surface area contributed by atoms with Gasteiger partial charge in [-0.15, -0.1) is 0 Å². The van der Waals surface area contributed by atoms with E-state index in [0.717, 1.165) is 106 Å². The van der Waals surface area contributed by atoms with Crippen molar-refractivity contribution in [2.45, 2.75) is 0 Å². The van der Waals surface area contributed by atoms with E-state index in [2.05, 4.69) is 269 Å². The quantitative estimate of drug-likeness (QED) is 0.128. The number of fused-ring (bicyclic) bond motifs is 6. The Morgan fingerprint density at radius 1 is 0.282 bits per heavy atom. The molecule has 0 bridgehead atoms. The van der Waals surface area contributed by atoms with Gasteiger partial charge in [-0.25, -0.2) is 0 Å². The van der Waals surface area contributed by atoms with Crippen LogP contribution in [-0.2, 0) is 0 Å². The van der Waals surface area contributed by atoms with E-state index in [1.807, 2.05) is 18.5 Å². The molecule has 0 saturated carbocycles. The van der Waals surface area contributed by atoms with Crippen LogP contribution in [0, 0.1) is 0 Å². The second-order valence-corrected chi connectivity index (χ2v) is 17.8. The van der Waals surface area contributed by atoms with Crippen molar-refractivity contribution in [3.05, 3.63) is 273 Å². The average Bonchev–Trinajstić information content (AvgIpc) is 3.77. The highest BCUT2D eigenvalue weighted by Crippen LogP contribution is 2.41. The zero-order valence-electron chi connectivity index (χ0n) is 38.7. The summed E-state index contributed by atoms with van der Waals surface area (Å²) in [5, 5.41) is 4.56. The predicted molar refractivity (Wildman–Crippen MR) is 297 cm³/mol. The zero-order chi connectivity index (χ0) is 47.1. The molecule has 334 valence electrons. The first-order chi connectivity index (χ1) is 35.2. The van der Waals surface area contributed by atoms with Crippen LogP contribution in [0.2, 0.25) is 0 Å². The monoisotopic (exact) mass is 907 g/mol. The number of nitrogens with zero attached hydrogens (tertiary/aromatic N) is 5. The average molecular weight is 908 g/mol. The summed E-state index contributed by atoms with van der Waals surface area (Å²) in [7, 11) is 0. The SMILES string of the molecule is c1ccc(N(c2ccccc2)c2ccc(-c3ccc4c(c3)c3cc(-c5ccc(N(c6ccccc6)c6ccccc6)cc5)ccc3n4-c3ccc(-c4ccnc5c4ccc4cccnc45)cc3)cc2)cc1. The van der Waals surface area contributed by atoms with Crippen molar-refractivity contribution in [1.82, 2.24) is 14.5 Å². The summed E-state index contributed by atoms with van der Waals surface area (Å²) in [4.78, 5) is 14.1. The van der Waals surface area contributed by atoms with Gasteiger partial charge in [0.15, 0.2) is 0 Å². The molecule has 0 amide bonds. The van der Waals surface area contributed by atoms with Gasteiger partial charge in [-0.3, -0.25) is 9.97 Å². The molecule has 0 spiro atoms. The fourth-order valence-corrected chi connectivity index (χ4v) is 10.3. The van der Waals surface area contributed by atoms with Gasteiger partial charge in [-0.1, -0.05) is 140 Å². The van der Waals surface area contributed by atoms with E-state index >= 15 is 0 Å². The minimum Gasteiger partial charge on any atom is -0.311 e. The van der Waals surface area contributed by atoms with Crippen LogP contribution in [0.3, 0.4) is 0 Å². The fourth-order valence-electron chi connectivity index (χ4n) is 10.3. The maximum atomic E-state index is 4.78. The molecule has 5 nitrogen and oxygen atoms in total. The maximum absolute atomic E-state index is 4.78. The molecule has 0 atom stereocenters. The highest BCUT2D eigenvalue weighted by Gasteiger charge is 2.18. The zero-order valence-corrected chi connectivity index (χ0v) is 38.7. The Morgan fingerprint density at radius 2 is 0.704 bits per heavy atom. The second-order valence-electron chi connectivity index (χ2n) is 17.8. The molecule has 10 aromatic carbocycles. The second kappa shape index (κ2) is 17.8. The summed E-state index contributed by atoms with van der Waals surface area (Å²) in [5.41, 5.74) is 18.8. The molecule has 0 N–H and O–H groups in total. The number of rotatable bonds is 10. The molecular weight excluding hydrogens is 863 g/mol. The molecule has 0 aliphatic heterocycles. The third-order valence-corrected chi connectivity index (χ3v) is 13.7. The van der Waals surface area contributed by atoms with Crippen LogP contribution in [0.1, 0.15) is 0 Å². The van der Waals surface area contributed by atoms with Crippen molar-refractivity contribution in [3.8, 4) is 39.1 Å². The largest absolute Gasteiger partial charge is 0.311 e. The van der Waals surface area contributed by atoms with Crippen LogP contribution in [0.4, 0.5) is 34.1 Å². The number of benzene rings is 10. The number of hydrogen-bond donors (Lipinski definition) is 0. The summed E-state index contributed by atoms with van der Waals surface area (Å²) < 4.78 is 2.41. The van der Waals surface area contributed by atoms with Gasteiger partial charge in [0.05, 0.1) is 22.1 Å². The molecule has 0 fully saturated rings. The van der Waals surface area contributed by atoms with Crippen LogP contribution in [0.15, 0.2) is 273 Å². The standard InChI is InChI=1S/C66H45N5/c1-5-15-52(16-6-1)69(53-17-7-2-8-18-53)56-32-23-46(24-33-56)50-30-39-63-61(44-50)62-45-51(47-25-34-57(35-26-47)70(54-19-9-3-10-20-54)55-21-11-4-12-22-55)31-40-64(62)71(63)58-36-27-48(28-37-58)59-41-43-68-66-60(59)38-29-49-14-13-42-67-65(49)66/h1-45H. The molecule has 71 heavy (non-hydrogen) atoms. The van der Waals surface area contributed by atoms with Crippen molar-refractivity contribution < 1.29 is 0 Å². The Bertz CT molecular complexity index is 3740. The van der Waals surface area contributed by atoms with E-state index < -0.39 is 0 Å². The lowest BCUT2D eigenvalue weighted by molar-refractivity contribution is 1.18. The maximum Gasteiger partial charge on any atom is 0.0970 e. The first kappa shape index (κ1) is 41.6. The minimum atomic E-state index is 0.914. The van der Waals surface area contributed by atoms with Gasteiger partial charge in [0.25, 0.3) is 0 Å². The van der Waals surface area contributed by atoms with Gasteiger partial charge in [-0.05, 0) is 155 Å². The van der Waals surface area contributed by atoms with Gasteiger partial charge in [0, 0.05) is 73.8 Å². The minimum absolute atomic E-state index is 0.914. The number of hydrogen-bond acceptors (Lipinski definition) is 4. The Labute approximate surface area is 412 Å². The number of para-hydroxylation sites is 4. The van der Waals surface area contributed by atoms with E-state index in [1.165, 1.54) is 10.8 Å². The van der Waals surface area contributed by atoms with Crippen LogP contribution in [-0.4, -0.2) is 14.5 Å². The van der Waals surface area contributed by atoms with E-state index in [1.54, 1.807) is 0 Å². The third-order valence-electron chi connectivity index (χ3n) is 13.7. The van der Waals surface area contributed by atoms with E-state index in [9.17, 15) is 0 Å². The summed E-state index contributed by atoms with van der Waals surface area (Å²) in [5.74, 6) is 0. The molecule has 0 radical (unpaired) electrons. The Morgan fingerprint density at radius 3 is 1.18 bits per heavy atom. The fraction of sp³-hybridized carbons (Fsp3) is 0. The first-order valence-electron chi connectivity index (χ1n) is 24.0. The lowest BCUT2D eigenvalue weighted by atomic mass is 9.99. The lowest BCUT2D eigenvalue weighted by Crippen LogP contribution is -2.09. The smallest absolute Gasteiger partial charge is 0.0970 e. The summed E-state index contributed by atoms with van der Waals surface area (Å²) in [6.07, 6.45) is 3.74. The van der Waals surface area contributed by atoms with Crippen molar-refractivity contribution in [1.29, 1.82) is 0 Å². The summed E-state index contributed by atoms with van der Waals surface area (Å²) in [6, 6.07) is 93.4. The summed E-state index contributed by atoms with van der Waals surface area (Å²) in [6.45, 7) is 0. The summed E-state index contributed by atoms with van der Waals surface area (Å²) >= 11 is 0. The Hall–Kier alpha value is -9.58. The number of pyridine rings is 2. The van der Waals surface area contributed by atoms with Gasteiger partial charge in [0.1, 0.15) is 0 Å². The van der Waals surface area contributed by atoms with Crippen molar-refractivity contribution >= 4 is 77.7 Å². The number of aromatic nitrogens is 3. The van der Waals surface area contributed by atoms with Crippen LogP contribution < -0.4 is 9.80 Å². The predicted octanol–water partition coefficient (Wildman–Crippen LogP) is 17.8. The molecule has 3 aromatic heterocycles. The highest BCUT2D eigenvalue weighted by molar-refractivity contribution is 6.12. The molecule has 13 aromatic rings. The molecule has 5 heteroatoms. The normalized spacial score (nSPS) is 11.4. The third kappa shape index (κ3) is 7.63. The number of anilines is 6. The van der Waals surface area contributed by atoms with Crippen molar-refractivity contribution in [2.24, 2.45) is 0 Å². The van der Waals surface area contributed by atoms with Gasteiger partial charge < -0.3 is 14.4 Å². The molecule has 13 rings (SSSR count). The molecular formula is C66H45N5. The van der Waals surface area contributed by atoms with E-state index in [0.29, 0.717) is 0 Å². The van der Waals surface area contributed by atoms with Crippen molar-refractivity contribution in [3.63, 3.8) is 0 Å². The van der Waals surface area contributed by atoms with E-state index in [-0.39, 0.29) is 0 Å². The molecule has 0 unspecified atom stereocenters. The van der Waals surface area contributed by atoms with Gasteiger partial charge in [0.2, 0.25) is 0 Å². The molecule has 0 aliphatic carbocycles. The molecule has 0 saturated heterocycles.